The van der Waals surface area contributed by atoms with E-state index in [0.717, 1.165) is 50.1 Å². The maximum Gasteiger partial charge on any atom is 0.292 e. The van der Waals surface area contributed by atoms with Gasteiger partial charge in [-0.15, -0.1) is 0 Å². The number of fused-ring (bicyclic) bond motifs is 2. The number of benzene rings is 3. The first-order chi connectivity index (χ1) is 15.1. The van der Waals surface area contributed by atoms with Crippen molar-refractivity contribution in [1.29, 1.82) is 5.26 Å². The topological polar surface area (TPSA) is 44.4 Å². The molecule has 0 saturated heterocycles. The molecule has 31 heavy (non-hydrogen) atoms. The maximum atomic E-state index is 9.81. The number of nitrogens with zero attached hydrogens (tertiary/aromatic N) is 4. The van der Waals surface area contributed by atoms with Gasteiger partial charge in [-0.05, 0) is 43.1 Å². The van der Waals surface area contributed by atoms with Crippen LogP contribution >= 0.6 is 0 Å². The lowest BCUT2D eigenvalue weighted by Gasteiger charge is -2.11. The molecule has 0 bridgehead atoms. The van der Waals surface area contributed by atoms with E-state index in [2.05, 4.69) is 77.4 Å². The second-order valence-corrected chi connectivity index (χ2v) is 7.84. The Hall–Kier alpha value is -4.10. The predicted molar refractivity (Wildman–Crippen MR) is 121 cm³/mol. The average Bonchev–Trinajstić information content (AvgIpc) is 2.80. The zero-order valence-corrected chi connectivity index (χ0v) is 17.8. The summed E-state index contributed by atoms with van der Waals surface area (Å²) in [5.74, 6) is 0. The molecule has 0 amide bonds. The molecule has 0 aliphatic carbocycles. The van der Waals surface area contributed by atoms with Crippen LogP contribution in [-0.2, 0) is 0 Å². The molecule has 2 heterocycles. The van der Waals surface area contributed by atoms with E-state index in [0.29, 0.717) is 5.56 Å². The number of hydrogen-bond donors (Lipinski definition) is 0. The fraction of sp³-hybridized carbons (Fsp3) is 0.111. The van der Waals surface area contributed by atoms with E-state index < -0.39 is 0 Å². The zero-order chi connectivity index (χ0) is 21.5. The van der Waals surface area contributed by atoms with Crippen LogP contribution in [0.2, 0.25) is 0 Å². The molecule has 5 rings (SSSR count). The molecule has 0 unspecified atom stereocenters. The second kappa shape index (κ2) is 7.30. The van der Waals surface area contributed by atoms with Gasteiger partial charge in [0.25, 0.3) is 6.33 Å². The minimum Gasteiger partial charge on any atom is -0.199 e. The largest absolute Gasteiger partial charge is 0.292 e. The number of para-hydroxylation sites is 2. The van der Waals surface area contributed by atoms with Gasteiger partial charge in [-0.3, -0.25) is 0 Å². The summed E-state index contributed by atoms with van der Waals surface area (Å²) in [7, 11) is 0. The Morgan fingerprint density at radius 2 is 1.58 bits per heavy atom. The van der Waals surface area contributed by atoms with E-state index in [4.69, 9.17) is 0 Å². The van der Waals surface area contributed by atoms with Gasteiger partial charge >= 0.3 is 0 Å². The van der Waals surface area contributed by atoms with Crippen LogP contribution in [0.15, 0.2) is 79.1 Å². The van der Waals surface area contributed by atoms with Gasteiger partial charge in [0.05, 0.1) is 22.6 Å². The van der Waals surface area contributed by atoms with Crippen LogP contribution in [0.25, 0.3) is 33.2 Å². The quantitative estimate of drug-likeness (QED) is 0.401. The Morgan fingerprint density at radius 3 is 2.42 bits per heavy atom. The highest BCUT2D eigenvalue weighted by atomic mass is 15.0. The van der Waals surface area contributed by atoms with E-state index >= 15 is 0 Å². The number of aryl methyl sites for hydroxylation is 2. The van der Waals surface area contributed by atoms with Gasteiger partial charge in [0.2, 0.25) is 11.2 Å². The fourth-order valence-corrected chi connectivity index (χ4v) is 4.33. The summed E-state index contributed by atoms with van der Waals surface area (Å²) in [5.41, 5.74) is 7.96. The molecule has 2 aromatic heterocycles. The van der Waals surface area contributed by atoms with Crippen molar-refractivity contribution in [1.82, 2.24) is 4.98 Å². The van der Waals surface area contributed by atoms with Gasteiger partial charge < -0.3 is 0 Å². The van der Waals surface area contributed by atoms with E-state index in [1.807, 2.05) is 42.7 Å². The predicted octanol–water partition coefficient (Wildman–Crippen LogP) is 4.74. The van der Waals surface area contributed by atoms with Crippen LogP contribution in [0, 0.1) is 32.1 Å². The first-order valence-electron chi connectivity index (χ1n) is 10.3. The first-order valence-corrected chi connectivity index (χ1v) is 10.3. The summed E-state index contributed by atoms with van der Waals surface area (Å²) in [6, 6.07) is 27.0. The van der Waals surface area contributed by atoms with Gasteiger partial charge in [0, 0.05) is 36.6 Å². The highest BCUT2D eigenvalue weighted by molar-refractivity contribution is 5.79. The Bertz CT molecular complexity index is 1530. The first kappa shape index (κ1) is 18.9. The van der Waals surface area contributed by atoms with Crippen LogP contribution in [0.1, 0.15) is 22.5 Å². The van der Waals surface area contributed by atoms with Crippen LogP contribution < -0.4 is 9.13 Å². The molecule has 0 spiro atoms. The minimum atomic E-state index is 0.621. The van der Waals surface area contributed by atoms with Crippen LogP contribution in [-0.4, -0.2) is 4.98 Å². The Morgan fingerprint density at radius 1 is 0.839 bits per heavy atom. The van der Waals surface area contributed by atoms with Crippen molar-refractivity contribution in [2.24, 2.45) is 0 Å². The Balaban J connectivity index is 1.85. The van der Waals surface area contributed by atoms with E-state index in [9.17, 15) is 5.26 Å². The maximum absolute atomic E-state index is 9.81. The molecule has 0 N–H and O–H groups in total. The highest BCUT2D eigenvalue weighted by Crippen LogP contribution is 2.22. The Labute approximate surface area is 181 Å². The molecule has 0 aliphatic rings. The van der Waals surface area contributed by atoms with Crippen molar-refractivity contribution in [3.8, 4) is 17.4 Å². The number of hydrogen-bond acceptors (Lipinski definition) is 2. The molecule has 5 aromatic rings. The summed E-state index contributed by atoms with van der Waals surface area (Å²) in [5, 5.41) is 12.1. The van der Waals surface area contributed by atoms with Gasteiger partial charge in [0.15, 0.2) is 11.2 Å². The smallest absolute Gasteiger partial charge is 0.199 e. The van der Waals surface area contributed by atoms with Crippen LogP contribution in [0.3, 0.4) is 0 Å². The third-order valence-corrected chi connectivity index (χ3v) is 5.98. The molecule has 4 nitrogen and oxygen atoms in total. The lowest BCUT2D eigenvalue weighted by Crippen LogP contribution is -2.40. The summed E-state index contributed by atoms with van der Waals surface area (Å²) < 4.78 is 4.32. The standard InChI is InChI=1S/C27H22N4/c1-18-12-13-22-8-4-7-11-25(22)31(18)27-15-21(16-28)14-26(19(27)2)30-17-29-24-10-6-5-9-23(24)20(30)3/h4-15,17H,1-3H3/q+2. The van der Waals surface area contributed by atoms with Gasteiger partial charge in [-0.25, -0.2) is 0 Å². The monoisotopic (exact) mass is 402 g/mol. The molecule has 4 heteroatoms. The molecule has 3 aromatic carbocycles. The molecule has 0 aliphatic heterocycles. The molecule has 0 saturated carbocycles. The summed E-state index contributed by atoms with van der Waals surface area (Å²) in [6.45, 7) is 6.31. The van der Waals surface area contributed by atoms with Crippen LogP contribution in [0.4, 0.5) is 0 Å². The van der Waals surface area contributed by atoms with Gasteiger partial charge in [-0.1, -0.05) is 24.3 Å². The number of aromatic nitrogens is 3. The van der Waals surface area contributed by atoms with Crippen LogP contribution in [0.5, 0.6) is 0 Å². The van der Waals surface area contributed by atoms with Crippen molar-refractivity contribution in [2.45, 2.75) is 20.8 Å². The van der Waals surface area contributed by atoms with Crippen molar-refractivity contribution < 1.29 is 9.13 Å². The van der Waals surface area contributed by atoms with Crippen molar-refractivity contribution in [3.63, 3.8) is 0 Å². The Kier molecular flexibility index (Phi) is 4.45. The molecule has 0 radical (unpaired) electrons. The third-order valence-electron chi connectivity index (χ3n) is 5.98. The van der Waals surface area contributed by atoms with Gasteiger partial charge in [-0.2, -0.15) is 14.4 Å². The van der Waals surface area contributed by atoms with E-state index in [1.54, 1.807) is 0 Å². The van der Waals surface area contributed by atoms with E-state index in [1.165, 1.54) is 0 Å². The third kappa shape index (κ3) is 3.03. The molecule has 0 fully saturated rings. The molecular weight excluding hydrogens is 380 g/mol. The zero-order valence-electron chi connectivity index (χ0n) is 17.8. The lowest BCUT2D eigenvalue weighted by atomic mass is 10.0. The summed E-state index contributed by atoms with van der Waals surface area (Å²) in [4.78, 5) is 4.66. The van der Waals surface area contributed by atoms with Crippen molar-refractivity contribution in [2.75, 3.05) is 0 Å². The summed E-state index contributed by atoms with van der Waals surface area (Å²) >= 11 is 0. The number of rotatable bonds is 2. The molecular formula is C27H22N4+2. The highest BCUT2D eigenvalue weighted by Gasteiger charge is 2.25. The average molecular weight is 403 g/mol. The number of pyridine rings is 1. The summed E-state index contributed by atoms with van der Waals surface area (Å²) in [6.07, 6.45) is 1.85. The fourth-order valence-electron chi connectivity index (χ4n) is 4.33. The van der Waals surface area contributed by atoms with E-state index in [-0.39, 0.29) is 0 Å². The molecule has 148 valence electrons. The molecule has 0 atom stereocenters. The van der Waals surface area contributed by atoms with Gasteiger partial charge in [0.1, 0.15) is 11.4 Å². The normalized spacial score (nSPS) is 11.0. The minimum absolute atomic E-state index is 0.621. The number of nitriles is 1. The van der Waals surface area contributed by atoms with Crippen molar-refractivity contribution in [3.05, 3.63) is 102 Å². The van der Waals surface area contributed by atoms with Crippen molar-refractivity contribution >= 4 is 21.8 Å². The lowest BCUT2D eigenvalue weighted by molar-refractivity contribution is -0.607. The second-order valence-electron chi connectivity index (χ2n) is 7.84. The SMILES string of the molecule is Cc1c(-[n+]2cnc3ccccc3c2C)cc(C#N)cc1-[n+]1c(C)ccc2ccccc21.